The van der Waals surface area contributed by atoms with E-state index < -0.39 is 0 Å². The van der Waals surface area contributed by atoms with Crippen molar-refractivity contribution in [3.8, 4) is 5.75 Å². The van der Waals surface area contributed by atoms with Crippen LogP contribution >= 0.6 is 36.4 Å². The van der Waals surface area contributed by atoms with Gasteiger partial charge in [0, 0.05) is 29.7 Å². The lowest BCUT2D eigenvalue weighted by molar-refractivity contribution is -0.119. The molecule has 2 aromatic rings. The molecule has 0 spiro atoms. The highest BCUT2D eigenvalue weighted by Gasteiger charge is 2.17. The summed E-state index contributed by atoms with van der Waals surface area (Å²) in [5, 5.41) is 3.23. The van der Waals surface area contributed by atoms with E-state index in [9.17, 15) is 4.79 Å². The number of amides is 1. The van der Waals surface area contributed by atoms with Crippen LogP contribution in [0.15, 0.2) is 42.7 Å². The molecule has 0 saturated heterocycles. The maximum absolute atomic E-state index is 12.0. The highest BCUT2D eigenvalue weighted by atomic mass is 35.5. The topological polar surface area (TPSA) is 77.2 Å². The molecule has 0 bridgehead atoms. The molecule has 0 saturated carbocycles. The van der Waals surface area contributed by atoms with Crippen LogP contribution in [0.25, 0.3) is 0 Å². The summed E-state index contributed by atoms with van der Waals surface area (Å²) in [6.45, 7) is 3.96. The monoisotopic (exact) mass is 405 g/mol. The Morgan fingerprint density at radius 3 is 2.60 bits per heavy atom. The van der Waals surface area contributed by atoms with Gasteiger partial charge in [-0.3, -0.25) is 9.78 Å². The van der Waals surface area contributed by atoms with Gasteiger partial charge in [0.15, 0.2) is 0 Å². The average Bonchev–Trinajstić information content (AvgIpc) is 2.54. The van der Waals surface area contributed by atoms with Gasteiger partial charge in [-0.05, 0) is 31.2 Å². The summed E-state index contributed by atoms with van der Waals surface area (Å²) in [6, 6.07) is 8.68. The molecule has 1 aromatic heterocycles. The second-order valence-corrected chi connectivity index (χ2v) is 5.84. The molecule has 3 N–H and O–H groups in total. The third-order valence-corrected chi connectivity index (χ3v) is 3.81. The lowest BCUT2D eigenvalue weighted by Gasteiger charge is -2.16. The van der Waals surface area contributed by atoms with Crippen molar-refractivity contribution in [1.82, 2.24) is 4.98 Å². The molecule has 138 valence electrons. The van der Waals surface area contributed by atoms with E-state index in [4.69, 9.17) is 22.1 Å². The first-order valence-electron chi connectivity index (χ1n) is 7.35. The van der Waals surface area contributed by atoms with Gasteiger partial charge < -0.3 is 15.8 Å². The van der Waals surface area contributed by atoms with Crippen LogP contribution in [-0.4, -0.2) is 16.9 Å². The molecule has 0 fully saturated rings. The van der Waals surface area contributed by atoms with E-state index in [1.54, 1.807) is 44.4 Å². The Balaban J connectivity index is 0.00000288. The number of nitrogens with one attached hydrogen (secondary N) is 1. The van der Waals surface area contributed by atoms with E-state index in [-0.39, 0.29) is 42.7 Å². The zero-order valence-corrected chi connectivity index (χ0v) is 16.3. The minimum atomic E-state index is -0.282. The number of anilines is 1. The van der Waals surface area contributed by atoms with Crippen LogP contribution in [0.4, 0.5) is 5.69 Å². The van der Waals surface area contributed by atoms with Crippen LogP contribution in [0.5, 0.6) is 5.75 Å². The zero-order valence-electron chi connectivity index (χ0n) is 13.9. The van der Waals surface area contributed by atoms with Crippen LogP contribution in [0.3, 0.4) is 0 Å². The van der Waals surface area contributed by atoms with Crippen molar-refractivity contribution in [2.75, 3.05) is 5.32 Å². The quantitative estimate of drug-likeness (QED) is 0.758. The maximum Gasteiger partial charge on any atom is 0.228 e. The van der Waals surface area contributed by atoms with Gasteiger partial charge in [-0.25, -0.2) is 0 Å². The molecule has 0 aliphatic heterocycles. The number of halogens is 3. The molecule has 0 radical (unpaired) electrons. The summed E-state index contributed by atoms with van der Waals surface area (Å²) in [6.07, 6.45) is 3.44. The third kappa shape index (κ3) is 7.08. The van der Waals surface area contributed by atoms with Gasteiger partial charge in [0.1, 0.15) is 12.4 Å². The predicted octanol–water partition coefficient (Wildman–Crippen LogP) is 4.08. The van der Waals surface area contributed by atoms with Crippen LogP contribution in [-0.2, 0) is 11.4 Å². The summed E-state index contributed by atoms with van der Waals surface area (Å²) in [5.41, 5.74) is 7.29. The number of pyridine rings is 1. The van der Waals surface area contributed by atoms with Gasteiger partial charge in [0.2, 0.25) is 5.91 Å². The van der Waals surface area contributed by atoms with E-state index in [0.29, 0.717) is 23.1 Å². The second-order valence-electron chi connectivity index (χ2n) is 5.43. The van der Waals surface area contributed by atoms with Gasteiger partial charge in [0.25, 0.3) is 0 Å². The molecule has 2 unspecified atom stereocenters. The number of nitrogens with two attached hydrogens (primary N) is 1. The number of carbonyl (C=O) groups excluding carboxylic acids is 1. The van der Waals surface area contributed by atoms with Gasteiger partial charge in [0.05, 0.1) is 10.9 Å². The van der Waals surface area contributed by atoms with Crippen molar-refractivity contribution < 1.29 is 9.53 Å². The predicted molar refractivity (Wildman–Crippen MR) is 106 cm³/mol. The Labute approximate surface area is 165 Å². The maximum atomic E-state index is 12.0. The Hall–Kier alpha value is -1.53. The number of carbonyl (C=O) groups is 1. The Kier molecular flexibility index (Phi) is 10.5. The first kappa shape index (κ1) is 23.5. The summed E-state index contributed by atoms with van der Waals surface area (Å²) in [4.78, 5) is 16.0. The van der Waals surface area contributed by atoms with Crippen molar-refractivity contribution in [2.45, 2.75) is 26.5 Å². The van der Waals surface area contributed by atoms with E-state index in [1.807, 2.05) is 12.1 Å². The van der Waals surface area contributed by atoms with Crippen LogP contribution in [0.1, 0.15) is 19.4 Å². The smallest absolute Gasteiger partial charge is 0.228 e. The van der Waals surface area contributed by atoms with Crippen molar-refractivity contribution in [3.63, 3.8) is 0 Å². The number of rotatable bonds is 6. The van der Waals surface area contributed by atoms with Gasteiger partial charge in [-0.15, -0.1) is 24.8 Å². The number of nitrogens with zero attached hydrogens (tertiary/aromatic N) is 1. The molecule has 0 aliphatic carbocycles. The SMILES string of the molecule is CC(N)C(C)C(=O)Nc1ccc(OCc2cccnc2)c(Cl)c1.Cl.Cl. The molecule has 8 heteroatoms. The largest absolute Gasteiger partial charge is 0.487 e. The molecule has 2 rings (SSSR count). The first-order chi connectivity index (χ1) is 11.0. The zero-order chi connectivity index (χ0) is 16.8. The van der Waals surface area contributed by atoms with Crippen LogP contribution in [0.2, 0.25) is 5.02 Å². The lowest BCUT2D eigenvalue weighted by Crippen LogP contribution is -2.34. The first-order valence-corrected chi connectivity index (χ1v) is 7.73. The highest BCUT2D eigenvalue weighted by molar-refractivity contribution is 6.32. The fourth-order valence-electron chi connectivity index (χ4n) is 1.84. The second kappa shape index (κ2) is 11.2. The Morgan fingerprint density at radius 1 is 1.32 bits per heavy atom. The summed E-state index contributed by atoms with van der Waals surface area (Å²) in [5.74, 6) is 0.129. The molecule has 5 nitrogen and oxygen atoms in total. The van der Waals surface area contributed by atoms with Gasteiger partial charge in [-0.1, -0.05) is 24.6 Å². The Morgan fingerprint density at radius 2 is 2.04 bits per heavy atom. The number of hydrogen-bond donors (Lipinski definition) is 2. The number of ether oxygens (including phenoxy) is 1. The van der Waals surface area contributed by atoms with Crippen LogP contribution in [0, 0.1) is 5.92 Å². The summed E-state index contributed by atoms with van der Waals surface area (Å²) >= 11 is 6.20. The van der Waals surface area contributed by atoms with E-state index >= 15 is 0 Å². The Bertz CT molecular complexity index is 669. The van der Waals surface area contributed by atoms with E-state index in [0.717, 1.165) is 5.56 Å². The summed E-state index contributed by atoms with van der Waals surface area (Å²) in [7, 11) is 0. The van der Waals surface area contributed by atoms with E-state index in [1.165, 1.54) is 0 Å². The van der Waals surface area contributed by atoms with Crippen molar-refractivity contribution in [1.29, 1.82) is 0 Å². The minimum absolute atomic E-state index is 0. The fourth-order valence-corrected chi connectivity index (χ4v) is 2.07. The van der Waals surface area contributed by atoms with Crippen molar-refractivity contribution in [2.24, 2.45) is 11.7 Å². The molecular formula is C17H22Cl3N3O2. The standard InChI is InChI=1S/C17H20ClN3O2.2ClH/c1-11(12(2)19)17(22)21-14-5-6-16(15(18)8-14)23-10-13-4-3-7-20-9-13;;/h3-9,11-12H,10,19H2,1-2H3,(H,21,22);2*1H. The fraction of sp³-hybridized carbons (Fsp3) is 0.294. The molecule has 1 aromatic carbocycles. The molecule has 2 atom stereocenters. The van der Waals surface area contributed by atoms with Crippen molar-refractivity contribution in [3.05, 3.63) is 53.3 Å². The van der Waals surface area contributed by atoms with Gasteiger partial charge in [-0.2, -0.15) is 0 Å². The number of aromatic nitrogens is 1. The highest BCUT2D eigenvalue weighted by Crippen LogP contribution is 2.28. The molecule has 0 aliphatic rings. The average molecular weight is 407 g/mol. The lowest BCUT2D eigenvalue weighted by atomic mass is 10.0. The summed E-state index contributed by atoms with van der Waals surface area (Å²) < 4.78 is 5.66. The van der Waals surface area contributed by atoms with Gasteiger partial charge >= 0.3 is 0 Å². The van der Waals surface area contributed by atoms with E-state index in [2.05, 4.69) is 10.3 Å². The third-order valence-electron chi connectivity index (χ3n) is 3.52. The number of benzene rings is 1. The molecule has 25 heavy (non-hydrogen) atoms. The normalized spacial score (nSPS) is 12.2. The van der Waals surface area contributed by atoms with Crippen molar-refractivity contribution >= 4 is 48.0 Å². The molecule has 1 heterocycles. The number of hydrogen-bond acceptors (Lipinski definition) is 4. The van der Waals surface area contributed by atoms with Crippen LogP contribution < -0.4 is 15.8 Å². The minimum Gasteiger partial charge on any atom is -0.487 e. The molecule has 1 amide bonds. The molecular weight excluding hydrogens is 385 g/mol.